The molecule has 1 saturated carbocycles. The van der Waals surface area contributed by atoms with Gasteiger partial charge in [0.1, 0.15) is 0 Å². The van der Waals surface area contributed by atoms with E-state index in [1.54, 1.807) is 12.5 Å². The highest BCUT2D eigenvalue weighted by molar-refractivity contribution is 5.16. The zero-order valence-electron chi connectivity index (χ0n) is 13.5. The first-order valence-corrected chi connectivity index (χ1v) is 8.32. The molecule has 0 saturated heterocycles. The Morgan fingerprint density at radius 3 is 2.85 bits per heavy atom. The van der Waals surface area contributed by atoms with E-state index >= 15 is 0 Å². The monoisotopic (exact) mass is 280 g/mol. The Morgan fingerprint density at radius 1 is 1.35 bits per heavy atom. The first-order chi connectivity index (χ1) is 9.63. The zero-order chi connectivity index (χ0) is 14.8. The average molecular weight is 280 g/mol. The molecule has 0 aromatic carbocycles. The fourth-order valence-corrected chi connectivity index (χ4v) is 2.86. The number of unbranched alkanes of at least 4 members (excludes halogenated alkanes) is 3. The predicted molar refractivity (Wildman–Crippen MR) is 85.6 cm³/mol. The molecule has 1 unspecified atom stereocenters. The third-order valence-electron chi connectivity index (χ3n) is 3.97. The quantitative estimate of drug-likeness (QED) is 0.366. The Labute approximate surface area is 124 Å². The van der Waals surface area contributed by atoms with E-state index < -0.39 is 0 Å². The van der Waals surface area contributed by atoms with Crippen LogP contribution in [0.5, 0.6) is 0 Å². The summed E-state index contributed by atoms with van der Waals surface area (Å²) < 4.78 is 5.64. The fraction of sp³-hybridized carbons (Fsp3) is 0.778. The molecule has 0 aromatic heterocycles. The minimum atomic E-state index is -0.293. The number of aliphatic hydroxyl groups is 1. The zero-order valence-corrected chi connectivity index (χ0v) is 13.5. The number of hydrogen-bond donors (Lipinski definition) is 1. The van der Waals surface area contributed by atoms with Gasteiger partial charge in [0, 0.05) is 12.3 Å². The van der Waals surface area contributed by atoms with Crippen molar-refractivity contribution in [3.05, 3.63) is 24.0 Å². The van der Waals surface area contributed by atoms with Gasteiger partial charge in [-0.15, -0.1) is 0 Å². The summed E-state index contributed by atoms with van der Waals surface area (Å²) in [6, 6.07) is 0. The Hall–Kier alpha value is -0.760. The van der Waals surface area contributed by atoms with Crippen LogP contribution < -0.4 is 0 Å². The molecule has 1 N–H and O–H groups in total. The van der Waals surface area contributed by atoms with E-state index in [1.165, 1.54) is 44.9 Å². The molecule has 1 rings (SSSR count). The molecule has 0 radical (unpaired) electrons. The molecule has 0 heterocycles. The molecule has 1 aliphatic carbocycles. The lowest BCUT2D eigenvalue weighted by atomic mass is 10.0. The molecule has 20 heavy (non-hydrogen) atoms. The second-order valence-corrected chi connectivity index (χ2v) is 6.13. The maximum absolute atomic E-state index is 9.30. The molecular formula is C18H32O2. The van der Waals surface area contributed by atoms with Gasteiger partial charge in [-0.25, -0.2) is 0 Å². The first-order valence-electron chi connectivity index (χ1n) is 8.32. The highest BCUT2D eigenvalue weighted by Gasteiger charge is 2.18. The normalized spacial score (nSPS) is 24.4. The highest BCUT2D eigenvalue weighted by atomic mass is 16.5. The standard InChI is InChI=1S/C18H32O2/c1-4-5-6-7-9-17-10-8-11-18(17)12-13-20-16(3)14-15(2)19/h9,12-13,15-16,18-19H,4-8,10-11,14H2,1-3H3/b13-12-,17-9-/t15-,16-,18?/m1/s1. The molecule has 1 aliphatic rings. The van der Waals surface area contributed by atoms with Crippen molar-refractivity contribution in [1.29, 1.82) is 0 Å². The van der Waals surface area contributed by atoms with E-state index in [0.717, 1.165) is 0 Å². The van der Waals surface area contributed by atoms with Crippen molar-refractivity contribution in [3.8, 4) is 0 Å². The Kier molecular flexibility index (Phi) is 8.68. The van der Waals surface area contributed by atoms with E-state index in [1.807, 2.05) is 13.2 Å². The molecule has 0 spiro atoms. The van der Waals surface area contributed by atoms with Crippen molar-refractivity contribution in [2.75, 3.05) is 0 Å². The smallest absolute Gasteiger partial charge is 0.0974 e. The molecule has 0 aliphatic heterocycles. The van der Waals surface area contributed by atoms with Gasteiger partial charge >= 0.3 is 0 Å². The summed E-state index contributed by atoms with van der Waals surface area (Å²) >= 11 is 0. The SMILES string of the molecule is CCCCC/C=C1/CCCC1/C=C\O[C@H](C)C[C@@H](C)O. The summed E-state index contributed by atoms with van der Waals surface area (Å²) in [4.78, 5) is 0. The van der Waals surface area contributed by atoms with Crippen molar-refractivity contribution in [3.63, 3.8) is 0 Å². The molecule has 1 fully saturated rings. The van der Waals surface area contributed by atoms with Crippen molar-refractivity contribution < 1.29 is 9.84 Å². The van der Waals surface area contributed by atoms with Gasteiger partial charge in [0.15, 0.2) is 0 Å². The van der Waals surface area contributed by atoms with Gasteiger partial charge in [0.05, 0.1) is 18.5 Å². The maximum Gasteiger partial charge on any atom is 0.0974 e. The molecule has 0 amide bonds. The van der Waals surface area contributed by atoms with Crippen LogP contribution in [0.3, 0.4) is 0 Å². The van der Waals surface area contributed by atoms with Crippen LogP contribution in [-0.4, -0.2) is 17.3 Å². The van der Waals surface area contributed by atoms with E-state index in [2.05, 4.69) is 19.1 Å². The lowest BCUT2D eigenvalue weighted by Gasteiger charge is -2.13. The molecule has 116 valence electrons. The average Bonchev–Trinajstić information content (AvgIpc) is 2.81. The molecule has 2 heteroatoms. The molecular weight excluding hydrogens is 248 g/mol. The first kappa shape index (κ1) is 17.3. The van der Waals surface area contributed by atoms with E-state index in [9.17, 15) is 5.11 Å². The maximum atomic E-state index is 9.30. The van der Waals surface area contributed by atoms with Crippen LogP contribution in [-0.2, 0) is 4.74 Å². The number of aliphatic hydroxyl groups excluding tert-OH is 1. The summed E-state index contributed by atoms with van der Waals surface area (Å²) in [5, 5.41) is 9.30. The van der Waals surface area contributed by atoms with E-state index in [4.69, 9.17) is 4.74 Å². The van der Waals surface area contributed by atoms with E-state index in [0.29, 0.717) is 12.3 Å². The van der Waals surface area contributed by atoms with Crippen LogP contribution in [0, 0.1) is 5.92 Å². The largest absolute Gasteiger partial charge is 0.499 e. The van der Waals surface area contributed by atoms with Crippen LogP contribution >= 0.6 is 0 Å². The second-order valence-electron chi connectivity index (χ2n) is 6.13. The summed E-state index contributed by atoms with van der Waals surface area (Å²) in [5.74, 6) is 0.579. The lowest BCUT2D eigenvalue weighted by Crippen LogP contribution is -2.13. The second kappa shape index (κ2) is 10.0. The van der Waals surface area contributed by atoms with Crippen molar-refractivity contribution in [2.45, 2.75) is 84.3 Å². The Bertz CT molecular complexity index is 305. The molecule has 2 nitrogen and oxygen atoms in total. The van der Waals surface area contributed by atoms with Gasteiger partial charge in [-0.1, -0.05) is 31.4 Å². The minimum Gasteiger partial charge on any atom is -0.499 e. The van der Waals surface area contributed by atoms with Crippen LogP contribution in [0.4, 0.5) is 0 Å². The third-order valence-corrected chi connectivity index (χ3v) is 3.97. The number of hydrogen-bond acceptors (Lipinski definition) is 2. The minimum absolute atomic E-state index is 0.0876. The van der Waals surface area contributed by atoms with E-state index in [-0.39, 0.29) is 12.2 Å². The lowest BCUT2D eigenvalue weighted by molar-refractivity contribution is 0.0873. The van der Waals surface area contributed by atoms with Crippen molar-refractivity contribution >= 4 is 0 Å². The van der Waals surface area contributed by atoms with Gasteiger partial charge in [0.25, 0.3) is 0 Å². The fourth-order valence-electron chi connectivity index (χ4n) is 2.86. The van der Waals surface area contributed by atoms with Crippen LogP contribution in [0.25, 0.3) is 0 Å². The summed E-state index contributed by atoms with van der Waals surface area (Å²) in [5.41, 5.74) is 1.60. The number of allylic oxidation sites excluding steroid dienone is 3. The van der Waals surface area contributed by atoms with Gasteiger partial charge in [-0.05, 0) is 52.0 Å². The molecule has 0 aromatic rings. The summed E-state index contributed by atoms with van der Waals surface area (Å²) in [6.07, 6.45) is 16.0. The highest BCUT2D eigenvalue weighted by Crippen LogP contribution is 2.32. The summed E-state index contributed by atoms with van der Waals surface area (Å²) in [6.45, 7) is 6.06. The van der Waals surface area contributed by atoms with Crippen LogP contribution in [0.1, 0.15) is 72.1 Å². The topological polar surface area (TPSA) is 29.5 Å². The summed E-state index contributed by atoms with van der Waals surface area (Å²) in [7, 11) is 0. The molecule has 0 bridgehead atoms. The van der Waals surface area contributed by atoms with Gasteiger partial charge in [-0.3, -0.25) is 0 Å². The third kappa shape index (κ3) is 7.14. The Morgan fingerprint density at radius 2 is 2.15 bits per heavy atom. The van der Waals surface area contributed by atoms with Crippen molar-refractivity contribution in [2.24, 2.45) is 5.92 Å². The van der Waals surface area contributed by atoms with Gasteiger partial charge < -0.3 is 9.84 Å². The predicted octanol–water partition coefficient (Wildman–Crippen LogP) is 4.98. The van der Waals surface area contributed by atoms with Crippen LogP contribution in [0.2, 0.25) is 0 Å². The number of ether oxygens (including phenoxy) is 1. The van der Waals surface area contributed by atoms with Gasteiger partial charge in [0.2, 0.25) is 0 Å². The molecule has 3 atom stereocenters. The van der Waals surface area contributed by atoms with Crippen molar-refractivity contribution in [1.82, 2.24) is 0 Å². The Balaban J connectivity index is 2.33. The van der Waals surface area contributed by atoms with Crippen LogP contribution in [0.15, 0.2) is 24.0 Å². The van der Waals surface area contributed by atoms with Gasteiger partial charge in [-0.2, -0.15) is 0 Å². The number of rotatable bonds is 9.